The van der Waals surface area contributed by atoms with E-state index in [2.05, 4.69) is 16.3 Å². The standard InChI is InChI=1S/C18H18ClN3OS/c19-14-3-1-4-15(8-14)20-18(24)21-9-12-7-13(11-21)16-5-2-6-17(23)22(16)10-12/h1-6,8,12-13H,7,9-11H2,(H,20,24)/t12-,13-/m1/s1. The van der Waals surface area contributed by atoms with Gasteiger partial charge in [-0.15, -0.1) is 0 Å². The average Bonchev–Trinajstić information content (AvgIpc) is 2.56. The number of likely N-dealkylation sites (tertiary alicyclic amines) is 1. The Bertz CT molecular complexity index is 850. The fourth-order valence-corrected chi connectivity index (χ4v) is 4.29. The van der Waals surface area contributed by atoms with Crippen LogP contribution in [0, 0.1) is 5.92 Å². The zero-order chi connectivity index (χ0) is 16.7. The van der Waals surface area contributed by atoms with Crippen LogP contribution in [0.15, 0.2) is 47.3 Å². The second-order valence-electron chi connectivity index (χ2n) is 6.54. The third kappa shape index (κ3) is 2.94. The van der Waals surface area contributed by atoms with Gasteiger partial charge in [0.1, 0.15) is 0 Å². The number of anilines is 1. The Balaban J connectivity index is 1.53. The van der Waals surface area contributed by atoms with Gasteiger partial charge in [-0.2, -0.15) is 0 Å². The summed E-state index contributed by atoms with van der Waals surface area (Å²) in [6.07, 6.45) is 1.12. The number of nitrogens with one attached hydrogen (secondary N) is 1. The highest BCUT2D eigenvalue weighted by Gasteiger charge is 2.35. The van der Waals surface area contributed by atoms with Crippen molar-refractivity contribution in [1.29, 1.82) is 0 Å². The average molecular weight is 360 g/mol. The lowest BCUT2D eigenvalue weighted by Gasteiger charge is -2.43. The molecule has 6 heteroatoms. The number of hydrogen-bond donors (Lipinski definition) is 1. The van der Waals surface area contributed by atoms with Crippen LogP contribution in [0.3, 0.4) is 0 Å². The highest BCUT2D eigenvalue weighted by molar-refractivity contribution is 7.80. The van der Waals surface area contributed by atoms with Gasteiger partial charge >= 0.3 is 0 Å². The summed E-state index contributed by atoms with van der Waals surface area (Å²) in [4.78, 5) is 14.3. The predicted octanol–water partition coefficient (Wildman–Crippen LogP) is 3.32. The van der Waals surface area contributed by atoms with Gasteiger partial charge in [0.25, 0.3) is 5.56 Å². The van der Waals surface area contributed by atoms with Gasteiger partial charge in [-0.05, 0) is 48.8 Å². The smallest absolute Gasteiger partial charge is 0.250 e. The van der Waals surface area contributed by atoms with Crippen molar-refractivity contribution in [3.05, 3.63) is 63.5 Å². The van der Waals surface area contributed by atoms with E-state index in [9.17, 15) is 4.79 Å². The molecular formula is C18H18ClN3OS. The molecule has 0 saturated carbocycles. The van der Waals surface area contributed by atoms with Crippen LogP contribution < -0.4 is 10.9 Å². The zero-order valence-corrected chi connectivity index (χ0v) is 14.7. The first-order valence-electron chi connectivity index (χ1n) is 8.11. The summed E-state index contributed by atoms with van der Waals surface area (Å²) in [6, 6.07) is 13.1. The second-order valence-corrected chi connectivity index (χ2v) is 7.37. The molecule has 0 radical (unpaired) electrons. The van der Waals surface area contributed by atoms with E-state index in [4.69, 9.17) is 23.8 Å². The number of nitrogens with zero attached hydrogens (tertiary/aromatic N) is 2. The summed E-state index contributed by atoms with van der Waals surface area (Å²) in [5.74, 6) is 0.806. The van der Waals surface area contributed by atoms with E-state index in [1.165, 1.54) is 0 Å². The molecule has 4 rings (SSSR count). The molecule has 1 fully saturated rings. The van der Waals surface area contributed by atoms with Gasteiger partial charge < -0.3 is 14.8 Å². The molecule has 4 nitrogen and oxygen atoms in total. The highest BCUT2D eigenvalue weighted by atomic mass is 35.5. The minimum atomic E-state index is 0.107. The van der Waals surface area contributed by atoms with Crippen LogP contribution in [0.4, 0.5) is 5.69 Å². The van der Waals surface area contributed by atoms with Gasteiger partial charge in [0.15, 0.2) is 5.11 Å². The number of fused-ring (bicyclic) bond motifs is 4. The van der Waals surface area contributed by atoms with E-state index in [0.717, 1.165) is 42.5 Å². The first kappa shape index (κ1) is 15.7. The number of pyridine rings is 1. The van der Waals surface area contributed by atoms with Gasteiger partial charge in [-0.3, -0.25) is 4.79 Å². The molecule has 2 aliphatic rings. The van der Waals surface area contributed by atoms with Gasteiger partial charge in [-0.25, -0.2) is 0 Å². The molecule has 124 valence electrons. The van der Waals surface area contributed by atoms with Crippen molar-refractivity contribution in [1.82, 2.24) is 9.47 Å². The van der Waals surface area contributed by atoms with E-state index in [1.54, 1.807) is 6.07 Å². The monoisotopic (exact) mass is 359 g/mol. The number of thiocarbonyl (C=S) groups is 1. The molecule has 1 N–H and O–H groups in total. The fraction of sp³-hybridized carbons (Fsp3) is 0.333. The molecule has 2 aliphatic heterocycles. The largest absolute Gasteiger partial charge is 0.348 e. The number of piperidine rings is 1. The molecule has 0 unspecified atom stereocenters. The molecule has 1 aromatic heterocycles. The second kappa shape index (κ2) is 6.22. The van der Waals surface area contributed by atoms with Crippen LogP contribution in [0.2, 0.25) is 5.02 Å². The van der Waals surface area contributed by atoms with E-state index in [0.29, 0.717) is 16.9 Å². The number of hydrogen-bond acceptors (Lipinski definition) is 2. The van der Waals surface area contributed by atoms with Crippen molar-refractivity contribution in [3.8, 4) is 0 Å². The van der Waals surface area contributed by atoms with Crippen LogP contribution in [0.25, 0.3) is 0 Å². The molecule has 24 heavy (non-hydrogen) atoms. The summed E-state index contributed by atoms with van der Waals surface area (Å²) >= 11 is 11.6. The minimum Gasteiger partial charge on any atom is -0.348 e. The Morgan fingerprint density at radius 3 is 2.83 bits per heavy atom. The summed E-state index contributed by atoms with van der Waals surface area (Å²) < 4.78 is 1.93. The third-order valence-corrected chi connectivity index (χ3v) is 5.44. The SMILES string of the molecule is O=c1cccc2n1C[C@@H]1C[C@@H]2CN(C(=S)Nc2cccc(Cl)c2)C1. The van der Waals surface area contributed by atoms with Crippen LogP contribution >= 0.6 is 23.8 Å². The zero-order valence-electron chi connectivity index (χ0n) is 13.1. The van der Waals surface area contributed by atoms with E-state index in [1.807, 2.05) is 34.9 Å². The third-order valence-electron chi connectivity index (χ3n) is 4.84. The highest BCUT2D eigenvalue weighted by Crippen LogP contribution is 2.35. The van der Waals surface area contributed by atoms with Crippen LogP contribution in [-0.4, -0.2) is 27.7 Å². The van der Waals surface area contributed by atoms with Crippen molar-refractivity contribution in [2.24, 2.45) is 5.92 Å². The molecule has 0 spiro atoms. The van der Waals surface area contributed by atoms with E-state index >= 15 is 0 Å². The molecule has 0 aliphatic carbocycles. The van der Waals surface area contributed by atoms with Crippen LogP contribution in [-0.2, 0) is 6.54 Å². The molecule has 2 bridgehead atoms. The number of halogens is 1. The lowest BCUT2D eigenvalue weighted by molar-refractivity contribution is 0.180. The predicted molar refractivity (Wildman–Crippen MR) is 101 cm³/mol. The van der Waals surface area contributed by atoms with Crippen molar-refractivity contribution in [2.45, 2.75) is 18.9 Å². The topological polar surface area (TPSA) is 37.3 Å². The molecular weight excluding hydrogens is 342 g/mol. The van der Waals surface area contributed by atoms with Gasteiger partial charge in [0.2, 0.25) is 0 Å². The molecule has 2 aromatic rings. The van der Waals surface area contributed by atoms with Gasteiger partial charge in [0, 0.05) is 48.0 Å². The maximum absolute atomic E-state index is 12.1. The Morgan fingerprint density at radius 2 is 2.00 bits per heavy atom. The number of rotatable bonds is 1. The summed E-state index contributed by atoms with van der Waals surface area (Å²) in [5.41, 5.74) is 2.14. The summed E-state index contributed by atoms with van der Waals surface area (Å²) in [5, 5.41) is 4.69. The quantitative estimate of drug-likeness (QED) is 0.792. The molecule has 2 atom stereocenters. The van der Waals surface area contributed by atoms with Crippen molar-refractivity contribution in [3.63, 3.8) is 0 Å². The van der Waals surface area contributed by atoms with Crippen molar-refractivity contribution in [2.75, 3.05) is 18.4 Å². The maximum Gasteiger partial charge on any atom is 0.250 e. The lowest BCUT2D eigenvalue weighted by atomic mass is 9.83. The Hall–Kier alpha value is -1.85. The Labute approximate surface area is 151 Å². The number of aromatic nitrogens is 1. The van der Waals surface area contributed by atoms with Gasteiger partial charge in [-0.1, -0.05) is 23.7 Å². The first-order chi connectivity index (χ1) is 11.6. The van der Waals surface area contributed by atoms with Crippen LogP contribution in [0.1, 0.15) is 18.0 Å². The minimum absolute atomic E-state index is 0.107. The molecule has 1 aromatic carbocycles. The number of benzene rings is 1. The lowest BCUT2D eigenvalue weighted by Crippen LogP contribution is -2.50. The van der Waals surface area contributed by atoms with Crippen LogP contribution in [0.5, 0.6) is 0 Å². The molecule has 0 amide bonds. The van der Waals surface area contributed by atoms with Crippen molar-refractivity contribution >= 4 is 34.6 Å². The Kier molecular flexibility index (Phi) is 4.06. The van der Waals surface area contributed by atoms with E-state index < -0.39 is 0 Å². The molecule has 3 heterocycles. The molecule has 1 saturated heterocycles. The van der Waals surface area contributed by atoms with E-state index in [-0.39, 0.29) is 5.56 Å². The summed E-state index contributed by atoms with van der Waals surface area (Å²) in [6.45, 7) is 2.50. The van der Waals surface area contributed by atoms with Gasteiger partial charge in [0.05, 0.1) is 0 Å². The Morgan fingerprint density at radius 1 is 1.17 bits per heavy atom. The maximum atomic E-state index is 12.1. The van der Waals surface area contributed by atoms with Crippen molar-refractivity contribution < 1.29 is 0 Å². The normalized spacial score (nSPS) is 22.0. The fourth-order valence-electron chi connectivity index (χ4n) is 3.83. The first-order valence-corrected chi connectivity index (χ1v) is 8.90. The summed E-state index contributed by atoms with van der Waals surface area (Å²) in [7, 11) is 0.